The zero-order chi connectivity index (χ0) is 14.3. The second kappa shape index (κ2) is 13.6. The molecule has 0 aliphatic carbocycles. The van der Waals surface area contributed by atoms with Crippen LogP contribution in [0, 0.1) is 5.92 Å². The van der Waals surface area contributed by atoms with Crippen molar-refractivity contribution in [3.63, 3.8) is 0 Å². The molecule has 0 radical (unpaired) electrons. The van der Waals surface area contributed by atoms with E-state index in [-0.39, 0.29) is 5.92 Å². The van der Waals surface area contributed by atoms with Gasteiger partial charge in [-0.3, -0.25) is 4.79 Å². The van der Waals surface area contributed by atoms with Crippen molar-refractivity contribution in [2.24, 2.45) is 5.92 Å². The number of carboxylic acids is 1. The summed E-state index contributed by atoms with van der Waals surface area (Å²) >= 11 is 0. The minimum Gasteiger partial charge on any atom is -0.481 e. The van der Waals surface area contributed by atoms with E-state index in [2.05, 4.69) is 19.1 Å². The Bertz CT molecular complexity index is 233. The Morgan fingerprint density at radius 1 is 0.947 bits per heavy atom. The average molecular weight is 268 g/mol. The van der Waals surface area contributed by atoms with Crippen molar-refractivity contribution < 1.29 is 9.90 Å². The number of carboxylic acid groups (broad SMARTS) is 1. The van der Waals surface area contributed by atoms with Gasteiger partial charge in [-0.05, 0) is 25.7 Å². The summed E-state index contributed by atoms with van der Waals surface area (Å²) in [6.45, 7) is 4.03. The second-order valence-electron chi connectivity index (χ2n) is 5.55. The summed E-state index contributed by atoms with van der Waals surface area (Å²) < 4.78 is 0. The zero-order valence-corrected chi connectivity index (χ0v) is 12.9. The van der Waals surface area contributed by atoms with Crippen molar-refractivity contribution in [3.8, 4) is 0 Å². The average Bonchev–Trinajstić information content (AvgIpc) is 2.39. The van der Waals surface area contributed by atoms with Crippen LogP contribution in [0.1, 0.15) is 84.5 Å². The summed E-state index contributed by atoms with van der Waals surface area (Å²) in [6, 6.07) is 0. The Labute approximate surface area is 119 Å². The van der Waals surface area contributed by atoms with Crippen LogP contribution in [0.25, 0.3) is 0 Å². The van der Waals surface area contributed by atoms with Gasteiger partial charge in [-0.2, -0.15) is 0 Å². The number of unbranched alkanes of at least 4 members (excludes halogenated alkanes) is 8. The van der Waals surface area contributed by atoms with Gasteiger partial charge >= 0.3 is 5.97 Å². The van der Waals surface area contributed by atoms with E-state index in [1.54, 1.807) is 6.92 Å². The van der Waals surface area contributed by atoms with Crippen molar-refractivity contribution in [1.29, 1.82) is 0 Å². The van der Waals surface area contributed by atoms with Gasteiger partial charge in [0.2, 0.25) is 0 Å². The highest BCUT2D eigenvalue weighted by Gasteiger charge is 2.08. The number of aliphatic carboxylic acids is 1. The van der Waals surface area contributed by atoms with Crippen LogP contribution in [0.3, 0.4) is 0 Å². The van der Waals surface area contributed by atoms with Crippen molar-refractivity contribution >= 4 is 5.97 Å². The third kappa shape index (κ3) is 13.4. The number of hydrogen-bond acceptors (Lipinski definition) is 1. The van der Waals surface area contributed by atoms with Crippen LogP contribution in [-0.4, -0.2) is 11.1 Å². The molecule has 0 amide bonds. The van der Waals surface area contributed by atoms with Gasteiger partial charge in [-0.15, -0.1) is 0 Å². The first-order chi connectivity index (χ1) is 9.18. The third-order valence-corrected chi connectivity index (χ3v) is 3.58. The maximum Gasteiger partial charge on any atom is 0.306 e. The fourth-order valence-corrected chi connectivity index (χ4v) is 2.10. The van der Waals surface area contributed by atoms with Crippen molar-refractivity contribution in [2.75, 3.05) is 0 Å². The van der Waals surface area contributed by atoms with Crippen LogP contribution in [-0.2, 0) is 4.79 Å². The number of hydrogen-bond donors (Lipinski definition) is 1. The molecule has 2 heteroatoms. The van der Waals surface area contributed by atoms with Crippen molar-refractivity contribution in [2.45, 2.75) is 84.5 Å². The molecular weight excluding hydrogens is 236 g/mol. The predicted octanol–water partition coefficient (Wildman–Crippen LogP) is 5.57. The van der Waals surface area contributed by atoms with Crippen LogP contribution in [0.4, 0.5) is 0 Å². The van der Waals surface area contributed by atoms with Crippen molar-refractivity contribution in [3.05, 3.63) is 12.2 Å². The molecule has 19 heavy (non-hydrogen) atoms. The van der Waals surface area contributed by atoms with Crippen LogP contribution in [0.15, 0.2) is 12.2 Å². The minimum atomic E-state index is -0.684. The molecule has 0 saturated carbocycles. The Balaban J connectivity index is 3.19. The molecule has 0 aliphatic rings. The van der Waals surface area contributed by atoms with E-state index >= 15 is 0 Å². The van der Waals surface area contributed by atoms with E-state index in [4.69, 9.17) is 5.11 Å². The van der Waals surface area contributed by atoms with Gasteiger partial charge < -0.3 is 5.11 Å². The number of carbonyl (C=O) groups is 1. The molecule has 0 saturated heterocycles. The zero-order valence-electron chi connectivity index (χ0n) is 12.9. The number of rotatable bonds is 13. The Morgan fingerprint density at radius 3 is 2.05 bits per heavy atom. The van der Waals surface area contributed by atoms with E-state index in [1.807, 2.05) is 0 Å². The summed E-state index contributed by atoms with van der Waals surface area (Å²) in [6.07, 6.45) is 18.0. The normalized spacial score (nSPS) is 12.9. The summed E-state index contributed by atoms with van der Waals surface area (Å²) in [7, 11) is 0. The van der Waals surface area contributed by atoms with Gasteiger partial charge in [0.25, 0.3) is 0 Å². The molecule has 0 aliphatic heterocycles. The summed E-state index contributed by atoms with van der Waals surface area (Å²) in [4.78, 5) is 10.6. The monoisotopic (exact) mass is 268 g/mol. The molecule has 1 atom stereocenters. The van der Waals surface area contributed by atoms with E-state index < -0.39 is 5.97 Å². The molecule has 0 spiro atoms. The highest BCUT2D eigenvalue weighted by molar-refractivity contribution is 5.69. The summed E-state index contributed by atoms with van der Waals surface area (Å²) in [5.41, 5.74) is 0. The van der Waals surface area contributed by atoms with Crippen LogP contribution >= 0.6 is 0 Å². The maximum absolute atomic E-state index is 10.6. The molecule has 112 valence electrons. The first-order valence-corrected chi connectivity index (χ1v) is 8.06. The number of allylic oxidation sites excluding steroid dienone is 2. The first kappa shape index (κ1) is 18.2. The SMILES string of the molecule is CCCCCCCCCC/C=C/CCC(C)C(=O)O. The largest absolute Gasteiger partial charge is 0.481 e. The summed E-state index contributed by atoms with van der Waals surface area (Å²) in [5, 5.41) is 8.74. The fraction of sp³-hybridized carbons (Fsp3) is 0.824. The molecule has 0 fully saturated rings. The lowest BCUT2D eigenvalue weighted by Gasteiger charge is -2.02. The maximum atomic E-state index is 10.6. The lowest BCUT2D eigenvalue weighted by atomic mass is 10.1. The second-order valence-corrected chi connectivity index (χ2v) is 5.55. The van der Waals surface area contributed by atoms with Gasteiger partial charge in [0.15, 0.2) is 0 Å². The van der Waals surface area contributed by atoms with Gasteiger partial charge in [0.1, 0.15) is 0 Å². The lowest BCUT2D eigenvalue weighted by Crippen LogP contribution is -2.08. The molecule has 0 bridgehead atoms. The fourth-order valence-electron chi connectivity index (χ4n) is 2.10. The van der Waals surface area contributed by atoms with E-state index in [0.717, 1.165) is 19.3 Å². The molecule has 0 rings (SSSR count). The molecule has 0 aromatic heterocycles. The third-order valence-electron chi connectivity index (χ3n) is 3.58. The molecule has 0 aromatic carbocycles. The minimum absolute atomic E-state index is 0.215. The summed E-state index contributed by atoms with van der Waals surface area (Å²) in [5.74, 6) is -0.899. The molecule has 0 aromatic rings. The Morgan fingerprint density at radius 2 is 1.47 bits per heavy atom. The molecule has 1 N–H and O–H groups in total. The van der Waals surface area contributed by atoms with Crippen LogP contribution in [0.2, 0.25) is 0 Å². The van der Waals surface area contributed by atoms with Crippen molar-refractivity contribution in [1.82, 2.24) is 0 Å². The van der Waals surface area contributed by atoms with Gasteiger partial charge in [0.05, 0.1) is 5.92 Å². The lowest BCUT2D eigenvalue weighted by molar-refractivity contribution is -0.141. The van der Waals surface area contributed by atoms with Gasteiger partial charge in [0, 0.05) is 0 Å². The van der Waals surface area contributed by atoms with E-state index in [0.29, 0.717) is 0 Å². The van der Waals surface area contributed by atoms with E-state index in [9.17, 15) is 4.79 Å². The first-order valence-electron chi connectivity index (χ1n) is 8.06. The smallest absolute Gasteiger partial charge is 0.306 e. The Kier molecular flexibility index (Phi) is 13.1. The highest BCUT2D eigenvalue weighted by Crippen LogP contribution is 2.10. The molecular formula is C17H32O2. The molecule has 0 heterocycles. The topological polar surface area (TPSA) is 37.3 Å². The predicted molar refractivity (Wildman–Crippen MR) is 82.4 cm³/mol. The standard InChI is InChI=1S/C17H32O2/c1-3-4-5-6-7-8-9-10-11-12-13-14-15-16(2)17(18)19/h12-13,16H,3-11,14-15H2,1-2H3,(H,18,19)/b13-12+. The quantitative estimate of drug-likeness (QED) is 0.350. The van der Waals surface area contributed by atoms with Crippen LogP contribution < -0.4 is 0 Å². The van der Waals surface area contributed by atoms with Gasteiger partial charge in [-0.25, -0.2) is 0 Å². The molecule has 2 nitrogen and oxygen atoms in total. The Hall–Kier alpha value is -0.790. The molecule has 1 unspecified atom stereocenters. The van der Waals surface area contributed by atoms with E-state index in [1.165, 1.54) is 51.4 Å². The van der Waals surface area contributed by atoms with Gasteiger partial charge in [-0.1, -0.05) is 70.9 Å². The van der Waals surface area contributed by atoms with Crippen LogP contribution in [0.5, 0.6) is 0 Å². The highest BCUT2D eigenvalue weighted by atomic mass is 16.4.